The summed E-state index contributed by atoms with van der Waals surface area (Å²) in [6.07, 6.45) is 6.24. The molecule has 32 heteroatoms. The highest BCUT2D eigenvalue weighted by Crippen LogP contribution is 2.31. The second-order valence-corrected chi connectivity index (χ2v) is 30.3. The minimum absolute atomic E-state index is 0.0156. The number of amides is 6. The smallest absolute Gasteiger partial charge is 0.314 e. The molecule has 107 heavy (non-hydrogen) atoms. The van der Waals surface area contributed by atoms with Gasteiger partial charge < -0.3 is 98.1 Å². The van der Waals surface area contributed by atoms with Gasteiger partial charge in [0.05, 0.1) is 77.5 Å². The molecule has 8 N–H and O–H groups in total. The first-order chi connectivity index (χ1) is 49.9. The molecule has 0 aliphatic carbocycles. The van der Waals surface area contributed by atoms with Gasteiger partial charge in [0.15, 0.2) is 34.2 Å². The predicted molar refractivity (Wildman–Crippen MR) is 406 cm³/mol. The molecule has 0 fully saturated rings. The van der Waals surface area contributed by atoms with Crippen molar-refractivity contribution in [3.05, 3.63) is 69.1 Å². The third kappa shape index (κ3) is 31.3. The maximum atomic E-state index is 12.2. The van der Waals surface area contributed by atoms with Crippen LogP contribution in [0.25, 0.3) is 0 Å². The Morgan fingerprint density at radius 1 is 0.364 bits per heavy atom. The van der Waals surface area contributed by atoms with Crippen LogP contribution in [0.3, 0.4) is 0 Å². The summed E-state index contributed by atoms with van der Waals surface area (Å²) in [4.78, 5) is 71.7. The van der Waals surface area contributed by atoms with E-state index in [1.54, 1.807) is 20.8 Å². The van der Waals surface area contributed by atoms with E-state index in [2.05, 4.69) is 184 Å². The van der Waals surface area contributed by atoms with Crippen LogP contribution in [0.5, 0.6) is 35.7 Å². The van der Waals surface area contributed by atoms with E-state index >= 15 is 0 Å². The molecule has 4 unspecified atom stereocenters. The molecule has 606 valence electrons. The fourth-order valence-electron chi connectivity index (χ4n) is 9.64. The van der Waals surface area contributed by atoms with Crippen LogP contribution in [0.1, 0.15) is 257 Å². The molecule has 32 nitrogen and oxygen atoms in total. The molecule has 0 bridgehead atoms. The number of nitrogens with zero attached hydrogens (tertiary/aromatic N) is 6. The molecule has 6 aromatic rings. The van der Waals surface area contributed by atoms with Crippen LogP contribution in [0.2, 0.25) is 0 Å². The normalized spacial score (nSPS) is 12.6. The molecule has 0 aliphatic heterocycles. The van der Waals surface area contributed by atoms with Crippen molar-refractivity contribution in [2.24, 2.45) is 32.5 Å². The average Bonchev–Trinajstić information content (AvgIpc) is 1.72. The van der Waals surface area contributed by atoms with Gasteiger partial charge in [-0.25, -0.2) is 0 Å². The molecule has 4 atom stereocenters. The monoisotopic (exact) mass is 1510 g/mol. The summed E-state index contributed by atoms with van der Waals surface area (Å²) in [6, 6.07) is 4.64. The van der Waals surface area contributed by atoms with Gasteiger partial charge in [-0.05, 0) is 121 Å². The number of methoxy groups -OCH3 is 6. The number of carbonyl (C=O) groups excluding carboxylic acids is 6. The van der Waals surface area contributed by atoms with Crippen LogP contribution < -0.4 is 71.0 Å². The SMILES string of the molecule is CCC(C)(C)C(C)NC(=O)c1cc(OC)on1.CCC(C)(C)C(C)NC(=O)c1noc(OC)c1C.CCCC(C)(C)C(C)NC(=O)c1cc(OC)on1.CCCC(C)(C)C(C)NC(=O)c1noc(OC)c1C.CNCC(C)(C)CNC(=O)c1cc(OC)on1.CNCC(C)(C)CNC(=O)c1noc(OC)c1C. The molecule has 0 radical (unpaired) electrons. The third-order valence-electron chi connectivity index (χ3n) is 19.1. The van der Waals surface area contributed by atoms with E-state index in [9.17, 15) is 28.8 Å². The van der Waals surface area contributed by atoms with Crippen molar-refractivity contribution in [1.82, 2.24) is 73.5 Å². The Morgan fingerprint density at radius 3 is 0.869 bits per heavy atom. The Labute approximate surface area is 632 Å². The van der Waals surface area contributed by atoms with Gasteiger partial charge >= 0.3 is 35.7 Å². The van der Waals surface area contributed by atoms with Crippen molar-refractivity contribution in [1.29, 1.82) is 0 Å². The van der Waals surface area contributed by atoms with Crippen molar-refractivity contribution in [3.63, 3.8) is 0 Å². The molecule has 0 spiro atoms. The Morgan fingerprint density at radius 2 is 0.626 bits per heavy atom. The summed E-state index contributed by atoms with van der Waals surface area (Å²) in [5.74, 6) is 0.0928. The molecule has 6 aromatic heterocycles. The van der Waals surface area contributed by atoms with Gasteiger partial charge in [0, 0.05) is 50.3 Å². The number of aromatic nitrogens is 6. The van der Waals surface area contributed by atoms with Crippen LogP contribution in [0, 0.1) is 53.3 Å². The Balaban J connectivity index is 0.000000642. The topological polar surface area (TPSA) is 410 Å². The molecule has 6 heterocycles. The van der Waals surface area contributed by atoms with Crippen LogP contribution in [-0.2, 0) is 0 Å². The fraction of sp³-hybridized carbons (Fsp3) is 0.680. The maximum absolute atomic E-state index is 12.2. The van der Waals surface area contributed by atoms with E-state index in [1.165, 1.54) is 60.9 Å². The highest BCUT2D eigenvalue weighted by Gasteiger charge is 2.33. The van der Waals surface area contributed by atoms with E-state index in [0.29, 0.717) is 29.8 Å². The molecular weight excluding hydrogens is 1380 g/mol. The van der Waals surface area contributed by atoms with Gasteiger partial charge in [-0.3, -0.25) is 28.8 Å². The lowest BCUT2D eigenvalue weighted by atomic mass is 9.81. The van der Waals surface area contributed by atoms with Crippen molar-refractivity contribution < 1.29 is 84.3 Å². The fourth-order valence-corrected chi connectivity index (χ4v) is 9.64. The number of hydrogen-bond acceptors (Lipinski definition) is 26. The summed E-state index contributed by atoms with van der Waals surface area (Å²) in [5.41, 5.74) is 3.55. The van der Waals surface area contributed by atoms with Crippen molar-refractivity contribution >= 4 is 35.4 Å². The van der Waals surface area contributed by atoms with Crippen LogP contribution in [0.4, 0.5) is 0 Å². The van der Waals surface area contributed by atoms with E-state index in [-0.39, 0.29) is 162 Å². The summed E-state index contributed by atoms with van der Waals surface area (Å²) >= 11 is 0. The minimum Gasteiger partial charge on any atom is -0.467 e. The minimum atomic E-state index is -0.263. The molecule has 0 saturated heterocycles. The van der Waals surface area contributed by atoms with Crippen molar-refractivity contribution in [2.75, 3.05) is 82.9 Å². The van der Waals surface area contributed by atoms with Gasteiger partial charge in [0.25, 0.3) is 35.4 Å². The van der Waals surface area contributed by atoms with E-state index in [4.69, 9.17) is 55.6 Å². The zero-order valence-corrected chi connectivity index (χ0v) is 69.6. The molecule has 0 aromatic carbocycles. The van der Waals surface area contributed by atoms with Gasteiger partial charge in [-0.2, -0.15) is 0 Å². The Bertz CT molecular complexity index is 3630. The number of carbonyl (C=O) groups is 6. The lowest BCUT2D eigenvalue weighted by Gasteiger charge is -2.32. The molecule has 0 aliphatic rings. The standard InChI is InChI=1S/C14H24N2O3.2C13H22N2O3.C12H21N3O3.C12H20N2O3.C11H19N3O3/c1-7-8-14(4,5)10(3)15-12(17)11-9(2)13(18-6)19-16-11;1-7-13(4,5)9(3)14-11(16)10-8(2)12(17-6)18-15-10;1-6-7-13(3,4)9(2)14-12(16)10-8-11(17-5)18-15-10;1-8-9(15-18-11(8)17-5)10(16)14-7-12(2,3)6-13-4;1-6-12(3,4)8(2)13-11(15)9-7-10(16-5)17-14-9;1-11(2,6-12-3)7-13-10(15)8-5-9(16-4)17-14-8/h10H,7-8H2,1-6H3,(H,15,17);9H,7H2,1-6H3,(H,14,16);8-9H,6-7H2,1-5H3,(H,14,16);13H,6-7H2,1-5H3,(H,14,16);7-8H,6H2,1-5H3,(H,13,15);5,12H,6-7H2,1-4H3,(H,13,15). The summed E-state index contributed by atoms with van der Waals surface area (Å²) in [7, 11) is 12.6. The summed E-state index contributed by atoms with van der Waals surface area (Å²) in [5, 5.41) is 45.7. The second-order valence-electron chi connectivity index (χ2n) is 30.3. The maximum Gasteiger partial charge on any atom is 0.314 e. The first-order valence-electron chi connectivity index (χ1n) is 36.0. The molecular formula is C75H128N14O18. The Kier molecular flexibility index (Phi) is 40.1. The lowest BCUT2D eigenvalue weighted by Crippen LogP contribution is -2.43. The lowest BCUT2D eigenvalue weighted by molar-refractivity contribution is 0.0881. The van der Waals surface area contributed by atoms with Gasteiger partial charge in [-0.1, -0.05) is 155 Å². The average molecular weight is 1510 g/mol. The Hall–Kier alpha value is -9.20. The van der Waals surface area contributed by atoms with Gasteiger partial charge in [-0.15, -0.1) is 0 Å². The highest BCUT2D eigenvalue weighted by molar-refractivity contribution is 5.96. The summed E-state index contributed by atoms with van der Waals surface area (Å²) < 4.78 is 58.5. The molecule has 6 amide bonds. The number of ether oxygens (including phenoxy) is 6. The first-order valence-corrected chi connectivity index (χ1v) is 36.0. The highest BCUT2D eigenvalue weighted by atomic mass is 16.6. The largest absolute Gasteiger partial charge is 0.467 e. The van der Waals surface area contributed by atoms with Gasteiger partial charge in [0.1, 0.15) is 0 Å². The molecule has 0 saturated carbocycles. The van der Waals surface area contributed by atoms with E-state index in [1.807, 2.05) is 41.8 Å². The van der Waals surface area contributed by atoms with Crippen LogP contribution in [0.15, 0.2) is 45.3 Å². The number of nitrogens with one attached hydrogen (secondary N) is 8. The molecule has 6 rings (SSSR count). The second kappa shape index (κ2) is 44.8. The van der Waals surface area contributed by atoms with Crippen LogP contribution in [-0.4, -0.2) is 173 Å². The van der Waals surface area contributed by atoms with Crippen molar-refractivity contribution in [3.8, 4) is 35.7 Å². The van der Waals surface area contributed by atoms with Crippen molar-refractivity contribution in [2.45, 2.75) is 222 Å². The zero-order valence-electron chi connectivity index (χ0n) is 69.6. The predicted octanol–water partition coefficient (Wildman–Crippen LogP) is 12.0. The summed E-state index contributed by atoms with van der Waals surface area (Å²) in [6.45, 7) is 49.8. The van der Waals surface area contributed by atoms with E-state index < -0.39 is 0 Å². The number of rotatable bonds is 34. The van der Waals surface area contributed by atoms with E-state index in [0.717, 1.165) is 51.6 Å². The van der Waals surface area contributed by atoms with Gasteiger partial charge in [0.2, 0.25) is 0 Å². The quantitative estimate of drug-likeness (QED) is 0.0186. The zero-order chi connectivity index (χ0) is 82.0. The van der Waals surface area contributed by atoms with Crippen LogP contribution >= 0.6 is 0 Å². The first kappa shape index (κ1) is 95.8. The number of hydrogen-bond donors (Lipinski definition) is 8. The third-order valence-corrected chi connectivity index (χ3v) is 19.1.